The quantitative estimate of drug-likeness (QED) is 0.578. The fourth-order valence-corrected chi connectivity index (χ4v) is 2.28. The third kappa shape index (κ3) is 1.69. The standard InChI is InChI=1S/C10H8ClNOS/c11-10-4-3-9(14-10)7-5-6(12)1-2-8(7)13/h1-5,13H,12H2. The molecule has 0 unspecified atom stereocenters. The van der Waals surface area contributed by atoms with Gasteiger partial charge in [-0.15, -0.1) is 11.3 Å². The second kappa shape index (κ2) is 3.52. The van der Waals surface area contributed by atoms with Crippen molar-refractivity contribution in [2.24, 2.45) is 0 Å². The molecule has 0 bridgehead atoms. The minimum absolute atomic E-state index is 0.220. The lowest BCUT2D eigenvalue weighted by Gasteiger charge is -2.02. The van der Waals surface area contributed by atoms with Crippen LogP contribution in [-0.4, -0.2) is 5.11 Å². The first-order chi connectivity index (χ1) is 6.66. The summed E-state index contributed by atoms with van der Waals surface area (Å²) >= 11 is 7.22. The van der Waals surface area contributed by atoms with Gasteiger partial charge in [0.05, 0.1) is 4.34 Å². The lowest BCUT2D eigenvalue weighted by atomic mass is 10.1. The first-order valence-electron chi connectivity index (χ1n) is 4.01. The van der Waals surface area contributed by atoms with Crippen LogP contribution in [0.15, 0.2) is 30.3 Å². The zero-order valence-corrected chi connectivity index (χ0v) is 8.77. The summed E-state index contributed by atoms with van der Waals surface area (Å²) in [6.45, 7) is 0. The van der Waals surface area contributed by atoms with Crippen molar-refractivity contribution < 1.29 is 5.11 Å². The van der Waals surface area contributed by atoms with Crippen molar-refractivity contribution in [1.82, 2.24) is 0 Å². The van der Waals surface area contributed by atoms with Crippen LogP contribution < -0.4 is 5.73 Å². The third-order valence-corrected chi connectivity index (χ3v) is 3.12. The minimum atomic E-state index is 0.220. The molecule has 0 fully saturated rings. The molecular weight excluding hydrogens is 218 g/mol. The number of hydrogen-bond acceptors (Lipinski definition) is 3. The van der Waals surface area contributed by atoms with Crippen LogP contribution in [0.2, 0.25) is 4.34 Å². The molecule has 3 N–H and O–H groups in total. The number of phenolic OH excluding ortho intramolecular Hbond substituents is 1. The fraction of sp³-hybridized carbons (Fsp3) is 0. The molecule has 0 radical (unpaired) electrons. The fourth-order valence-electron chi connectivity index (χ4n) is 1.21. The number of rotatable bonds is 1. The summed E-state index contributed by atoms with van der Waals surface area (Å²) in [4.78, 5) is 0.916. The molecule has 2 rings (SSSR count). The summed E-state index contributed by atoms with van der Waals surface area (Å²) in [5.74, 6) is 0.220. The van der Waals surface area contributed by atoms with Gasteiger partial charge in [-0.05, 0) is 30.3 Å². The van der Waals surface area contributed by atoms with Crippen molar-refractivity contribution >= 4 is 28.6 Å². The number of anilines is 1. The van der Waals surface area contributed by atoms with Gasteiger partial charge in [0.15, 0.2) is 0 Å². The normalized spacial score (nSPS) is 10.4. The van der Waals surface area contributed by atoms with Crippen molar-refractivity contribution in [3.05, 3.63) is 34.7 Å². The molecule has 1 heterocycles. The molecule has 0 saturated heterocycles. The van der Waals surface area contributed by atoms with Gasteiger partial charge >= 0.3 is 0 Å². The van der Waals surface area contributed by atoms with Crippen molar-refractivity contribution in [3.8, 4) is 16.2 Å². The summed E-state index contributed by atoms with van der Waals surface area (Å²) in [6, 6.07) is 8.63. The predicted octanol–water partition coefficient (Wildman–Crippen LogP) is 3.36. The van der Waals surface area contributed by atoms with E-state index in [4.69, 9.17) is 17.3 Å². The summed E-state index contributed by atoms with van der Waals surface area (Å²) in [7, 11) is 0. The molecule has 2 nitrogen and oxygen atoms in total. The Kier molecular flexibility index (Phi) is 2.35. The Morgan fingerprint density at radius 2 is 2.00 bits per heavy atom. The Balaban J connectivity index is 2.55. The molecule has 0 aliphatic carbocycles. The molecule has 0 atom stereocenters. The van der Waals surface area contributed by atoms with Gasteiger partial charge in [-0.3, -0.25) is 0 Å². The summed E-state index contributed by atoms with van der Waals surface area (Å²) in [5.41, 5.74) is 6.98. The van der Waals surface area contributed by atoms with Gasteiger partial charge in [-0.2, -0.15) is 0 Å². The molecule has 1 aromatic carbocycles. The molecule has 1 aromatic heterocycles. The van der Waals surface area contributed by atoms with Crippen LogP contribution in [0, 0.1) is 0 Å². The topological polar surface area (TPSA) is 46.2 Å². The van der Waals surface area contributed by atoms with E-state index in [0.717, 1.165) is 10.4 Å². The van der Waals surface area contributed by atoms with Gasteiger partial charge in [0, 0.05) is 16.1 Å². The Bertz CT molecular complexity index is 467. The molecule has 0 spiro atoms. The molecule has 0 aliphatic rings. The predicted molar refractivity (Wildman–Crippen MR) is 60.8 cm³/mol. The van der Waals surface area contributed by atoms with Gasteiger partial charge in [0.25, 0.3) is 0 Å². The zero-order chi connectivity index (χ0) is 10.1. The van der Waals surface area contributed by atoms with Crippen LogP contribution in [0.4, 0.5) is 5.69 Å². The second-order valence-electron chi connectivity index (χ2n) is 2.88. The smallest absolute Gasteiger partial charge is 0.124 e. The third-order valence-electron chi connectivity index (χ3n) is 1.86. The molecule has 4 heteroatoms. The molecule has 0 amide bonds. The number of nitrogen functional groups attached to an aromatic ring is 1. The number of phenols is 1. The second-order valence-corrected chi connectivity index (χ2v) is 4.60. The van der Waals surface area contributed by atoms with Crippen LogP contribution in [0.5, 0.6) is 5.75 Å². The Morgan fingerprint density at radius 1 is 1.21 bits per heavy atom. The van der Waals surface area contributed by atoms with Crippen LogP contribution >= 0.6 is 22.9 Å². The first kappa shape index (κ1) is 9.37. The van der Waals surface area contributed by atoms with Crippen LogP contribution in [0.25, 0.3) is 10.4 Å². The molecule has 2 aromatic rings. The molecule has 14 heavy (non-hydrogen) atoms. The monoisotopic (exact) mass is 225 g/mol. The molecule has 0 saturated carbocycles. The zero-order valence-electron chi connectivity index (χ0n) is 7.20. The average Bonchev–Trinajstić information content (AvgIpc) is 2.56. The molecular formula is C10H8ClNOS. The lowest BCUT2D eigenvalue weighted by Crippen LogP contribution is -1.84. The number of halogens is 1. The highest BCUT2D eigenvalue weighted by Gasteiger charge is 2.06. The van der Waals surface area contributed by atoms with Crippen LogP contribution in [0.3, 0.4) is 0 Å². The SMILES string of the molecule is Nc1ccc(O)c(-c2ccc(Cl)s2)c1. The number of aromatic hydroxyl groups is 1. The van der Waals surface area contributed by atoms with E-state index >= 15 is 0 Å². The average molecular weight is 226 g/mol. The van der Waals surface area contributed by atoms with Crippen LogP contribution in [-0.2, 0) is 0 Å². The van der Waals surface area contributed by atoms with E-state index in [2.05, 4.69) is 0 Å². The summed E-state index contributed by atoms with van der Waals surface area (Å²) in [5, 5.41) is 9.61. The Morgan fingerprint density at radius 3 is 2.64 bits per heavy atom. The maximum Gasteiger partial charge on any atom is 0.124 e. The first-order valence-corrected chi connectivity index (χ1v) is 5.20. The number of thiophene rings is 1. The van der Waals surface area contributed by atoms with E-state index in [-0.39, 0.29) is 5.75 Å². The number of nitrogens with two attached hydrogens (primary N) is 1. The van der Waals surface area contributed by atoms with E-state index < -0.39 is 0 Å². The largest absolute Gasteiger partial charge is 0.507 e. The van der Waals surface area contributed by atoms with Gasteiger partial charge < -0.3 is 10.8 Å². The minimum Gasteiger partial charge on any atom is -0.507 e. The maximum atomic E-state index is 9.61. The van der Waals surface area contributed by atoms with Crippen molar-refractivity contribution in [2.75, 3.05) is 5.73 Å². The number of hydrogen-bond donors (Lipinski definition) is 2. The van der Waals surface area contributed by atoms with E-state index in [9.17, 15) is 5.11 Å². The highest BCUT2D eigenvalue weighted by molar-refractivity contribution is 7.19. The maximum absolute atomic E-state index is 9.61. The Hall–Kier alpha value is -1.19. The van der Waals surface area contributed by atoms with Gasteiger partial charge in [0.1, 0.15) is 5.75 Å². The summed E-state index contributed by atoms with van der Waals surface area (Å²) < 4.78 is 0.696. The summed E-state index contributed by atoms with van der Waals surface area (Å²) in [6.07, 6.45) is 0. The van der Waals surface area contributed by atoms with Gasteiger partial charge in [0.2, 0.25) is 0 Å². The van der Waals surface area contributed by atoms with E-state index in [1.54, 1.807) is 24.3 Å². The highest BCUT2D eigenvalue weighted by Crippen LogP contribution is 2.37. The van der Waals surface area contributed by atoms with E-state index in [0.29, 0.717) is 10.0 Å². The van der Waals surface area contributed by atoms with E-state index in [1.165, 1.54) is 11.3 Å². The molecule has 0 aliphatic heterocycles. The lowest BCUT2D eigenvalue weighted by molar-refractivity contribution is 0.477. The van der Waals surface area contributed by atoms with Gasteiger partial charge in [-0.1, -0.05) is 11.6 Å². The van der Waals surface area contributed by atoms with E-state index in [1.807, 2.05) is 6.07 Å². The van der Waals surface area contributed by atoms with Crippen molar-refractivity contribution in [3.63, 3.8) is 0 Å². The highest BCUT2D eigenvalue weighted by atomic mass is 35.5. The van der Waals surface area contributed by atoms with Crippen molar-refractivity contribution in [2.45, 2.75) is 0 Å². The van der Waals surface area contributed by atoms with Gasteiger partial charge in [-0.25, -0.2) is 0 Å². The molecule has 72 valence electrons. The van der Waals surface area contributed by atoms with Crippen molar-refractivity contribution in [1.29, 1.82) is 0 Å². The Labute approximate surface area is 90.6 Å². The number of benzene rings is 1. The van der Waals surface area contributed by atoms with Crippen LogP contribution in [0.1, 0.15) is 0 Å².